The molecule has 6 heteroatoms. The summed E-state index contributed by atoms with van der Waals surface area (Å²) in [7, 11) is 1.61. The first-order chi connectivity index (χ1) is 14.1. The van der Waals surface area contributed by atoms with Crippen molar-refractivity contribution in [2.45, 2.75) is 6.42 Å². The second kappa shape index (κ2) is 8.06. The van der Waals surface area contributed by atoms with Crippen LogP contribution >= 0.6 is 0 Å². The number of aromatic nitrogens is 2. The molecule has 1 amide bonds. The van der Waals surface area contributed by atoms with E-state index in [9.17, 15) is 9.18 Å². The topological polar surface area (TPSA) is 64.1 Å². The number of ether oxygens (including phenoxy) is 1. The lowest BCUT2D eigenvalue weighted by molar-refractivity contribution is 0.102. The summed E-state index contributed by atoms with van der Waals surface area (Å²) in [6.45, 7) is 0. The third kappa shape index (κ3) is 4.06. The first kappa shape index (κ1) is 18.6. The Labute approximate surface area is 167 Å². The molecule has 0 aliphatic carbocycles. The number of carbonyl (C=O) groups excluding carboxylic acids is 1. The Kier molecular flexibility index (Phi) is 5.16. The fraction of sp³-hybridized carbons (Fsp3) is 0.0870. The van der Waals surface area contributed by atoms with Gasteiger partial charge in [-0.15, -0.1) is 0 Å². The van der Waals surface area contributed by atoms with Crippen LogP contribution in [0.2, 0.25) is 0 Å². The number of rotatable bonds is 5. The molecule has 0 aliphatic heterocycles. The van der Waals surface area contributed by atoms with Gasteiger partial charge in [0.1, 0.15) is 17.1 Å². The van der Waals surface area contributed by atoms with Crippen LogP contribution in [0.1, 0.15) is 21.5 Å². The number of anilines is 1. The molecule has 0 bridgehead atoms. The number of fused-ring (bicyclic) bond motifs is 1. The van der Waals surface area contributed by atoms with E-state index in [1.165, 1.54) is 24.5 Å². The Morgan fingerprint density at radius 3 is 2.62 bits per heavy atom. The smallest absolute Gasteiger partial charge is 0.258 e. The van der Waals surface area contributed by atoms with Crippen LogP contribution in [-0.4, -0.2) is 23.0 Å². The zero-order valence-corrected chi connectivity index (χ0v) is 15.7. The minimum Gasteiger partial charge on any atom is -0.496 e. The van der Waals surface area contributed by atoms with Gasteiger partial charge in [-0.05, 0) is 29.8 Å². The second-order valence-corrected chi connectivity index (χ2v) is 6.52. The minimum atomic E-state index is -0.539. The quantitative estimate of drug-likeness (QED) is 0.543. The molecule has 1 aromatic heterocycles. The van der Waals surface area contributed by atoms with Crippen molar-refractivity contribution in [2.24, 2.45) is 0 Å². The van der Waals surface area contributed by atoms with Crippen LogP contribution in [0.15, 0.2) is 73.1 Å². The molecule has 3 aromatic carbocycles. The lowest BCUT2D eigenvalue weighted by Gasteiger charge is -2.12. The lowest BCUT2D eigenvalue weighted by atomic mass is 10.0. The van der Waals surface area contributed by atoms with E-state index < -0.39 is 11.7 Å². The average molecular weight is 387 g/mol. The van der Waals surface area contributed by atoms with E-state index in [1.54, 1.807) is 19.2 Å². The van der Waals surface area contributed by atoms with E-state index in [2.05, 4.69) is 15.3 Å². The van der Waals surface area contributed by atoms with Gasteiger partial charge in [0, 0.05) is 36.1 Å². The van der Waals surface area contributed by atoms with Crippen LogP contribution in [-0.2, 0) is 6.42 Å². The number of nitrogens with zero attached hydrogens (tertiary/aromatic N) is 2. The number of nitrogens with one attached hydrogen (secondary N) is 1. The van der Waals surface area contributed by atoms with Crippen molar-refractivity contribution in [3.8, 4) is 5.75 Å². The summed E-state index contributed by atoms with van der Waals surface area (Å²) in [6, 6.07) is 17.8. The highest BCUT2D eigenvalue weighted by Gasteiger charge is 2.15. The van der Waals surface area contributed by atoms with Crippen LogP contribution in [0.25, 0.3) is 11.0 Å². The molecule has 0 fully saturated rings. The van der Waals surface area contributed by atoms with Crippen molar-refractivity contribution in [1.82, 2.24) is 9.97 Å². The summed E-state index contributed by atoms with van der Waals surface area (Å²) < 4.78 is 19.4. The van der Waals surface area contributed by atoms with E-state index >= 15 is 0 Å². The SMILES string of the molecule is COc1ccc(NC(=O)c2cc(F)cc3nccnc23)cc1Cc1ccccc1. The highest BCUT2D eigenvalue weighted by Crippen LogP contribution is 2.26. The summed E-state index contributed by atoms with van der Waals surface area (Å²) in [5.41, 5.74) is 3.46. The Bertz CT molecular complexity index is 1180. The number of carbonyl (C=O) groups is 1. The van der Waals surface area contributed by atoms with Gasteiger partial charge < -0.3 is 10.1 Å². The van der Waals surface area contributed by atoms with E-state index in [4.69, 9.17) is 4.74 Å². The maximum atomic E-state index is 13.9. The van der Waals surface area contributed by atoms with Gasteiger partial charge in [-0.1, -0.05) is 30.3 Å². The summed E-state index contributed by atoms with van der Waals surface area (Å²) in [5, 5.41) is 2.83. The first-order valence-corrected chi connectivity index (χ1v) is 9.06. The van der Waals surface area contributed by atoms with E-state index in [0.717, 1.165) is 16.9 Å². The van der Waals surface area contributed by atoms with Crippen LogP contribution < -0.4 is 10.1 Å². The Morgan fingerprint density at radius 1 is 1.03 bits per heavy atom. The molecule has 1 N–H and O–H groups in total. The maximum Gasteiger partial charge on any atom is 0.258 e. The average Bonchev–Trinajstić information content (AvgIpc) is 2.74. The van der Waals surface area contributed by atoms with Gasteiger partial charge in [0.05, 0.1) is 18.2 Å². The first-order valence-electron chi connectivity index (χ1n) is 9.06. The van der Waals surface area contributed by atoms with Crippen molar-refractivity contribution in [3.05, 3.63) is 95.6 Å². The Balaban J connectivity index is 1.65. The summed E-state index contributed by atoms with van der Waals surface area (Å²) in [6.07, 6.45) is 3.59. The molecule has 144 valence electrons. The standard InChI is InChI=1S/C23H18FN3O2/c1-29-21-8-7-18(12-16(21)11-15-5-3-2-4-6-15)27-23(28)19-13-17(24)14-20-22(19)26-10-9-25-20/h2-10,12-14H,11H2,1H3,(H,27,28). The fourth-order valence-corrected chi connectivity index (χ4v) is 3.22. The third-order valence-corrected chi connectivity index (χ3v) is 4.56. The predicted octanol–water partition coefficient (Wildman–Crippen LogP) is 4.62. The molecule has 0 radical (unpaired) electrons. The summed E-state index contributed by atoms with van der Waals surface area (Å²) in [4.78, 5) is 21.1. The highest BCUT2D eigenvalue weighted by molar-refractivity contribution is 6.11. The van der Waals surface area contributed by atoms with E-state index in [1.807, 2.05) is 36.4 Å². The molecule has 29 heavy (non-hydrogen) atoms. The van der Waals surface area contributed by atoms with Crippen LogP contribution in [0.3, 0.4) is 0 Å². The Morgan fingerprint density at radius 2 is 1.83 bits per heavy atom. The number of amides is 1. The molecule has 0 spiro atoms. The van der Waals surface area contributed by atoms with Gasteiger partial charge in [-0.3, -0.25) is 14.8 Å². The zero-order valence-electron chi connectivity index (χ0n) is 15.7. The van der Waals surface area contributed by atoms with E-state index in [0.29, 0.717) is 23.1 Å². The number of benzene rings is 3. The molecule has 0 atom stereocenters. The van der Waals surface area contributed by atoms with Gasteiger partial charge in [0.15, 0.2) is 0 Å². The molecule has 0 saturated heterocycles. The Hall–Kier alpha value is -3.80. The molecular weight excluding hydrogens is 369 g/mol. The van der Waals surface area contributed by atoms with Crippen LogP contribution in [0.4, 0.5) is 10.1 Å². The molecule has 5 nitrogen and oxygen atoms in total. The van der Waals surface area contributed by atoms with Gasteiger partial charge in [-0.2, -0.15) is 0 Å². The van der Waals surface area contributed by atoms with Crippen molar-refractivity contribution in [2.75, 3.05) is 12.4 Å². The van der Waals surface area contributed by atoms with Gasteiger partial charge in [-0.25, -0.2) is 4.39 Å². The van der Waals surface area contributed by atoms with Crippen LogP contribution in [0.5, 0.6) is 5.75 Å². The number of halogens is 1. The van der Waals surface area contributed by atoms with Gasteiger partial charge in [0.2, 0.25) is 0 Å². The number of methoxy groups -OCH3 is 1. The van der Waals surface area contributed by atoms with Crippen molar-refractivity contribution in [1.29, 1.82) is 0 Å². The number of hydrogen-bond donors (Lipinski definition) is 1. The summed E-state index contributed by atoms with van der Waals surface area (Å²) in [5.74, 6) is -0.262. The normalized spacial score (nSPS) is 10.7. The van der Waals surface area contributed by atoms with Gasteiger partial charge >= 0.3 is 0 Å². The molecule has 0 saturated carbocycles. The molecule has 1 heterocycles. The minimum absolute atomic E-state index is 0.133. The molecule has 4 rings (SSSR count). The molecule has 0 aliphatic rings. The molecule has 0 unspecified atom stereocenters. The zero-order chi connectivity index (χ0) is 20.2. The molecule has 4 aromatic rings. The fourth-order valence-electron chi connectivity index (χ4n) is 3.22. The molecular formula is C23H18FN3O2. The van der Waals surface area contributed by atoms with Crippen molar-refractivity contribution >= 4 is 22.6 Å². The van der Waals surface area contributed by atoms with Crippen molar-refractivity contribution in [3.63, 3.8) is 0 Å². The largest absolute Gasteiger partial charge is 0.496 e. The van der Waals surface area contributed by atoms with Crippen molar-refractivity contribution < 1.29 is 13.9 Å². The lowest BCUT2D eigenvalue weighted by Crippen LogP contribution is -2.14. The van der Waals surface area contributed by atoms with Gasteiger partial charge in [0.25, 0.3) is 5.91 Å². The van der Waals surface area contributed by atoms with Crippen LogP contribution in [0, 0.1) is 5.82 Å². The predicted molar refractivity (Wildman–Crippen MR) is 110 cm³/mol. The highest BCUT2D eigenvalue weighted by atomic mass is 19.1. The monoisotopic (exact) mass is 387 g/mol. The number of hydrogen-bond acceptors (Lipinski definition) is 4. The third-order valence-electron chi connectivity index (χ3n) is 4.56. The second-order valence-electron chi connectivity index (χ2n) is 6.52. The van der Waals surface area contributed by atoms with E-state index in [-0.39, 0.29) is 5.56 Å². The summed E-state index contributed by atoms with van der Waals surface area (Å²) >= 11 is 0. The maximum absolute atomic E-state index is 13.9.